The number of nitrogens with zero attached hydrogens (tertiary/aromatic N) is 3. The first-order valence-electron chi connectivity index (χ1n) is 19.1. The lowest BCUT2D eigenvalue weighted by molar-refractivity contribution is -0.299. The van der Waals surface area contributed by atoms with Crippen molar-refractivity contribution in [3.8, 4) is 0 Å². The Bertz CT molecular complexity index is 1590. The van der Waals surface area contributed by atoms with Crippen LogP contribution in [0.25, 0.3) is 10.4 Å². The van der Waals surface area contributed by atoms with Gasteiger partial charge in [0.25, 0.3) is 0 Å². The van der Waals surface area contributed by atoms with Crippen molar-refractivity contribution < 1.29 is 33.3 Å². The minimum absolute atomic E-state index is 0.111. The summed E-state index contributed by atoms with van der Waals surface area (Å²) in [5, 5.41) is 4.24. The number of azide groups is 1. The number of hydrogen-bond donors (Lipinski definition) is 0. The summed E-state index contributed by atoms with van der Waals surface area (Å²) < 4.78 is 32.1. The first-order valence-corrected chi connectivity index (χ1v) is 19.7. The molecule has 12 atom stereocenters. The van der Waals surface area contributed by atoms with Gasteiger partial charge >= 0.3 is 5.97 Å². The van der Waals surface area contributed by atoms with Gasteiger partial charge < -0.3 is 23.7 Å². The van der Waals surface area contributed by atoms with E-state index in [0.29, 0.717) is 29.5 Å². The van der Waals surface area contributed by atoms with Crippen molar-refractivity contribution in [2.45, 2.75) is 122 Å². The van der Waals surface area contributed by atoms with Gasteiger partial charge in [-0.3, -0.25) is 9.59 Å². The molecule has 1 saturated heterocycles. The molecular formula is C41H52ClN3O7. The highest BCUT2D eigenvalue weighted by molar-refractivity contribution is 6.26. The van der Waals surface area contributed by atoms with Gasteiger partial charge in [-0.05, 0) is 97.1 Å². The quantitative estimate of drug-likeness (QED) is 0.0536. The second kappa shape index (κ2) is 16.2. The second-order valence-electron chi connectivity index (χ2n) is 16.2. The molecule has 1 aliphatic heterocycles. The molecule has 52 heavy (non-hydrogen) atoms. The summed E-state index contributed by atoms with van der Waals surface area (Å²) in [6.07, 6.45) is 5.64. The number of rotatable bonds is 12. The molecule has 0 spiro atoms. The van der Waals surface area contributed by atoms with Crippen LogP contribution in [0, 0.1) is 34.5 Å². The maximum Gasteiger partial charge on any atom is 0.320 e. The lowest BCUT2D eigenvalue weighted by Gasteiger charge is -2.60. The summed E-state index contributed by atoms with van der Waals surface area (Å²) in [6, 6.07) is 18.7. The Balaban J connectivity index is 1.11. The number of alkyl halides is 1. The van der Waals surface area contributed by atoms with Crippen LogP contribution in [0.2, 0.25) is 0 Å². The Hall–Kier alpha value is -2.98. The zero-order valence-electron chi connectivity index (χ0n) is 30.3. The first kappa shape index (κ1) is 37.3. The summed E-state index contributed by atoms with van der Waals surface area (Å²) in [5.74, 6) is 1.86. The molecule has 0 bridgehead atoms. The molecule has 4 aliphatic carbocycles. The van der Waals surface area contributed by atoms with Gasteiger partial charge in [-0.1, -0.05) is 79.6 Å². The Morgan fingerprint density at radius 3 is 2.29 bits per heavy atom. The largest absolute Gasteiger partial charge is 0.462 e. The number of ether oxygens (including phenoxy) is 5. The molecule has 0 amide bonds. The van der Waals surface area contributed by atoms with Gasteiger partial charge in [0.2, 0.25) is 0 Å². The summed E-state index contributed by atoms with van der Waals surface area (Å²) >= 11 is 5.80. The van der Waals surface area contributed by atoms with Crippen LogP contribution in [-0.2, 0) is 46.5 Å². The van der Waals surface area contributed by atoms with Crippen molar-refractivity contribution in [1.29, 1.82) is 0 Å². The van der Waals surface area contributed by atoms with E-state index in [9.17, 15) is 15.1 Å². The number of Topliss-reactive ketones (excluding diaryl/α,β-unsaturated/α-hetero) is 1. The molecule has 0 radical (unpaired) electrons. The van der Waals surface area contributed by atoms with Gasteiger partial charge in [-0.15, -0.1) is 11.6 Å². The topological polar surface area (TPSA) is 129 Å². The number of esters is 1. The molecule has 4 saturated carbocycles. The number of ketones is 1. The first-order chi connectivity index (χ1) is 25.2. The van der Waals surface area contributed by atoms with Crippen molar-refractivity contribution >= 4 is 23.4 Å². The highest BCUT2D eigenvalue weighted by Crippen LogP contribution is 2.65. The van der Waals surface area contributed by atoms with Crippen molar-refractivity contribution in [1.82, 2.24) is 0 Å². The van der Waals surface area contributed by atoms with Gasteiger partial charge in [-0.25, -0.2) is 0 Å². The number of carbonyl (C=O) groups excluding carboxylic acids is 2. The van der Waals surface area contributed by atoms with Crippen molar-refractivity contribution in [2.24, 2.45) is 39.6 Å². The average Bonchev–Trinajstić information content (AvgIpc) is 3.47. The molecule has 11 heteroatoms. The van der Waals surface area contributed by atoms with Crippen molar-refractivity contribution in [3.05, 3.63) is 82.2 Å². The Kier molecular flexibility index (Phi) is 11.6. The molecule has 2 aromatic rings. The van der Waals surface area contributed by atoms with Crippen LogP contribution in [0.3, 0.4) is 0 Å². The van der Waals surface area contributed by atoms with Crippen LogP contribution >= 0.6 is 11.6 Å². The van der Waals surface area contributed by atoms with Gasteiger partial charge in [0.05, 0.1) is 19.3 Å². The summed E-state index contributed by atoms with van der Waals surface area (Å²) in [4.78, 5) is 28.4. The monoisotopic (exact) mass is 733 g/mol. The predicted octanol–water partition coefficient (Wildman–Crippen LogP) is 8.34. The maximum atomic E-state index is 12.9. The fourth-order valence-corrected chi connectivity index (χ4v) is 10.8. The minimum atomic E-state index is -0.946. The van der Waals surface area contributed by atoms with E-state index in [1.807, 2.05) is 60.7 Å². The highest BCUT2D eigenvalue weighted by atomic mass is 35.5. The van der Waals surface area contributed by atoms with Crippen LogP contribution in [0.5, 0.6) is 0 Å². The second-order valence-corrected chi connectivity index (χ2v) is 16.5. The lowest BCUT2D eigenvalue weighted by atomic mass is 9.45. The van der Waals surface area contributed by atoms with Crippen LogP contribution < -0.4 is 0 Å². The van der Waals surface area contributed by atoms with E-state index in [1.54, 1.807) is 0 Å². The number of halogens is 1. The van der Waals surface area contributed by atoms with E-state index in [2.05, 4.69) is 23.9 Å². The van der Waals surface area contributed by atoms with E-state index < -0.39 is 36.6 Å². The minimum Gasteiger partial charge on any atom is -0.462 e. The fraction of sp³-hybridized carbons (Fsp3) is 0.659. The zero-order chi connectivity index (χ0) is 36.3. The van der Waals surface area contributed by atoms with E-state index in [1.165, 1.54) is 0 Å². The normalized spacial score (nSPS) is 38.3. The molecule has 7 rings (SSSR count). The molecule has 1 heterocycles. The van der Waals surface area contributed by atoms with E-state index in [0.717, 1.165) is 68.9 Å². The molecule has 0 N–H and O–H groups in total. The number of benzene rings is 2. The third-order valence-electron chi connectivity index (χ3n) is 13.5. The van der Waals surface area contributed by atoms with Crippen molar-refractivity contribution in [3.63, 3.8) is 0 Å². The number of fused-ring (bicyclic) bond motifs is 5. The molecule has 5 aliphatic rings. The van der Waals surface area contributed by atoms with Crippen molar-refractivity contribution in [2.75, 3.05) is 12.5 Å². The smallest absolute Gasteiger partial charge is 0.320 e. The molecule has 5 fully saturated rings. The average molecular weight is 734 g/mol. The molecular weight excluding hydrogens is 682 g/mol. The molecule has 10 nitrogen and oxygen atoms in total. The van der Waals surface area contributed by atoms with Gasteiger partial charge in [0, 0.05) is 16.7 Å². The SMILES string of the molecule is C[C@]12CC[C@@H](OC3O[C@H](COC(=O)CCl)[C@@H](OCc4ccccc4)[C@H](OCc4ccccc4)[C@H]3N=[N+]=[N-])C[C@@H]1CC[C@@H]1[C@@H]2CC[C@]2(C)C(=O)CC[C@@H]12. The standard InChI is InChI=1S/C41H52ClN3O7/c1-40-19-17-29(21-28(40)13-14-30-31-15-16-34(46)41(31,2)20-18-32(30)40)51-39-36(44-45-43)38(50-24-27-11-7-4-8-12-27)37(33(52-39)25-48-35(47)22-42)49-23-26-9-5-3-6-10-26/h3-12,28-33,36-39H,13-25H2,1-2H3/t28-,29+,30-,31-,32-,33+,36+,37+,38+,39?,40-,41-/m0/s1. The lowest BCUT2D eigenvalue weighted by Crippen LogP contribution is -2.61. The summed E-state index contributed by atoms with van der Waals surface area (Å²) in [7, 11) is 0. The van der Waals surface area contributed by atoms with Crippen LogP contribution in [0.15, 0.2) is 65.8 Å². The third kappa shape index (κ3) is 7.53. The third-order valence-corrected chi connectivity index (χ3v) is 13.8. The summed E-state index contributed by atoms with van der Waals surface area (Å²) in [6.45, 7) is 5.09. The molecule has 280 valence electrons. The number of carbonyl (C=O) groups is 2. The van der Waals surface area contributed by atoms with Crippen LogP contribution in [0.1, 0.15) is 82.8 Å². The van der Waals surface area contributed by atoms with E-state index >= 15 is 0 Å². The predicted molar refractivity (Wildman–Crippen MR) is 195 cm³/mol. The summed E-state index contributed by atoms with van der Waals surface area (Å²) in [5.41, 5.74) is 11.8. The van der Waals surface area contributed by atoms with Gasteiger partial charge in [-0.2, -0.15) is 0 Å². The zero-order valence-corrected chi connectivity index (χ0v) is 31.1. The highest BCUT2D eigenvalue weighted by Gasteiger charge is 2.60. The number of hydrogen-bond acceptors (Lipinski definition) is 8. The Labute approximate surface area is 311 Å². The Morgan fingerprint density at radius 1 is 0.923 bits per heavy atom. The molecule has 2 aromatic carbocycles. The molecule has 0 aromatic heterocycles. The fourth-order valence-electron chi connectivity index (χ4n) is 10.8. The van der Waals surface area contributed by atoms with Gasteiger partial charge in [0.1, 0.15) is 42.6 Å². The molecule has 1 unspecified atom stereocenters. The van der Waals surface area contributed by atoms with E-state index in [-0.39, 0.29) is 42.6 Å². The van der Waals surface area contributed by atoms with Crippen LogP contribution in [-0.4, -0.2) is 61.0 Å². The maximum absolute atomic E-state index is 12.9. The van der Waals surface area contributed by atoms with Crippen LogP contribution in [0.4, 0.5) is 0 Å². The Morgan fingerprint density at radius 2 is 1.62 bits per heavy atom. The van der Waals surface area contributed by atoms with Gasteiger partial charge in [0.15, 0.2) is 6.29 Å². The van der Waals surface area contributed by atoms with E-state index in [4.69, 9.17) is 35.3 Å².